The third kappa shape index (κ3) is 24.7. The highest BCUT2D eigenvalue weighted by atomic mass is 35.5. The van der Waals surface area contributed by atoms with Crippen molar-refractivity contribution in [2.75, 3.05) is 27.7 Å². The van der Waals surface area contributed by atoms with Crippen molar-refractivity contribution in [3.63, 3.8) is 0 Å². The molecule has 1 N–H and O–H groups in total. The predicted octanol–water partition coefficient (Wildman–Crippen LogP) is -1.03. The minimum absolute atomic E-state index is 0.282. The first-order valence-corrected chi connectivity index (χ1v) is 4.77. The number of likely N-dealkylation sites (N-methyl/N-ethyl adjacent to an activating group) is 1. The van der Waals surface area contributed by atoms with E-state index in [1.54, 1.807) is 0 Å². The summed E-state index contributed by atoms with van der Waals surface area (Å²) >= 11 is 4.64. The summed E-state index contributed by atoms with van der Waals surface area (Å²) in [4.78, 5) is 19.2. The van der Waals surface area contributed by atoms with E-state index < -0.39 is 12.1 Å². The highest BCUT2D eigenvalue weighted by Crippen LogP contribution is 1.97. The minimum Gasteiger partial charge on any atom is -0.550 e. The molecular weight excluding hydrogens is 222 g/mol. The number of hydrogen-bond donors (Lipinski definition) is 1. The SMILES string of the molecule is CC(=O)Cl.C[N+](C)(C)CC(O)CC(=O)[O-]. The van der Waals surface area contributed by atoms with Crippen LogP contribution in [0.2, 0.25) is 0 Å². The Morgan fingerprint density at radius 2 is 1.73 bits per heavy atom. The van der Waals surface area contributed by atoms with Crippen LogP contribution in [0.15, 0.2) is 0 Å². The normalized spacial score (nSPS) is 12.4. The van der Waals surface area contributed by atoms with Gasteiger partial charge in [-0.15, -0.1) is 0 Å². The molecule has 0 saturated heterocycles. The second kappa shape index (κ2) is 7.62. The summed E-state index contributed by atoms with van der Waals surface area (Å²) in [6, 6.07) is 0. The number of nitrogens with zero attached hydrogens (tertiary/aromatic N) is 1. The van der Waals surface area contributed by atoms with Crippen LogP contribution < -0.4 is 5.11 Å². The molecule has 0 radical (unpaired) electrons. The van der Waals surface area contributed by atoms with Gasteiger partial charge in [-0.25, -0.2) is 0 Å². The number of carboxylic acid groups (broad SMARTS) is 1. The third-order valence-corrected chi connectivity index (χ3v) is 1.16. The summed E-state index contributed by atoms with van der Waals surface area (Å²) in [5.74, 6) is -1.20. The maximum Gasteiger partial charge on any atom is 0.218 e. The van der Waals surface area contributed by atoms with Gasteiger partial charge in [0.05, 0.1) is 21.1 Å². The molecule has 0 fully saturated rings. The predicted molar refractivity (Wildman–Crippen MR) is 55.1 cm³/mol. The smallest absolute Gasteiger partial charge is 0.218 e. The van der Waals surface area contributed by atoms with Crippen LogP contribution in [-0.4, -0.2) is 54.6 Å². The zero-order chi connectivity index (χ0) is 12.6. The lowest BCUT2D eigenvalue weighted by Crippen LogP contribution is -2.43. The molecule has 1 atom stereocenters. The van der Waals surface area contributed by atoms with E-state index in [0.29, 0.717) is 11.0 Å². The van der Waals surface area contributed by atoms with Crippen molar-refractivity contribution in [3.05, 3.63) is 0 Å². The zero-order valence-corrected chi connectivity index (χ0v) is 10.2. The molecule has 0 aliphatic heterocycles. The van der Waals surface area contributed by atoms with Crippen LogP contribution in [0.4, 0.5) is 0 Å². The summed E-state index contributed by atoms with van der Waals surface area (Å²) in [7, 11) is 5.66. The Morgan fingerprint density at radius 1 is 1.40 bits per heavy atom. The Hall–Kier alpha value is -0.650. The number of aliphatic hydroxyl groups excluding tert-OH is 1. The minimum atomic E-state index is -1.20. The molecule has 6 heteroatoms. The van der Waals surface area contributed by atoms with Gasteiger partial charge in [-0.05, 0) is 11.6 Å². The van der Waals surface area contributed by atoms with Gasteiger partial charge in [0.2, 0.25) is 5.24 Å². The van der Waals surface area contributed by atoms with Gasteiger partial charge in [-0.1, -0.05) is 0 Å². The lowest BCUT2D eigenvalue weighted by molar-refractivity contribution is -0.873. The fourth-order valence-corrected chi connectivity index (χ4v) is 0.889. The first-order chi connectivity index (χ1) is 6.54. The number of rotatable bonds is 4. The van der Waals surface area contributed by atoms with Crippen molar-refractivity contribution in [1.82, 2.24) is 0 Å². The van der Waals surface area contributed by atoms with E-state index in [1.165, 1.54) is 6.92 Å². The maximum absolute atomic E-state index is 10.0. The molecule has 0 aromatic heterocycles. The van der Waals surface area contributed by atoms with Crippen LogP contribution in [0.1, 0.15) is 13.3 Å². The molecule has 0 rings (SSSR count). The van der Waals surface area contributed by atoms with E-state index in [2.05, 4.69) is 11.6 Å². The summed E-state index contributed by atoms with van der Waals surface area (Å²) < 4.78 is 0.550. The Bertz CT molecular complexity index is 209. The van der Waals surface area contributed by atoms with E-state index >= 15 is 0 Å². The molecule has 5 nitrogen and oxygen atoms in total. The van der Waals surface area contributed by atoms with Crippen LogP contribution in [0, 0.1) is 0 Å². The van der Waals surface area contributed by atoms with Gasteiger partial charge < -0.3 is 19.5 Å². The number of aliphatic carboxylic acids is 1. The van der Waals surface area contributed by atoms with Crippen LogP contribution in [0.5, 0.6) is 0 Å². The standard InChI is InChI=1S/C7H15NO3.C2H3ClO/c1-8(2,3)5-6(9)4-7(10)11;1-2(3)4/h6,9H,4-5H2,1-3H3;1H3. The van der Waals surface area contributed by atoms with Gasteiger partial charge in [0.25, 0.3) is 0 Å². The largest absolute Gasteiger partial charge is 0.550 e. The van der Waals surface area contributed by atoms with Gasteiger partial charge in [0, 0.05) is 19.3 Å². The Morgan fingerprint density at radius 3 is 1.93 bits per heavy atom. The van der Waals surface area contributed by atoms with Gasteiger partial charge in [-0.2, -0.15) is 0 Å². The van der Waals surface area contributed by atoms with Crippen molar-refractivity contribution in [1.29, 1.82) is 0 Å². The van der Waals surface area contributed by atoms with Crippen molar-refractivity contribution >= 4 is 22.8 Å². The second-order valence-corrected chi connectivity index (χ2v) is 4.71. The van der Waals surface area contributed by atoms with Gasteiger partial charge in [-0.3, -0.25) is 4.79 Å². The average Bonchev–Trinajstić information content (AvgIpc) is 1.76. The van der Waals surface area contributed by atoms with E-state index in [1.807, 2.05) is 21.1 Å². The molecule has 90 valence electrons. The van der Waals surface area contributed by atoms with E-state index in [0.717, 1.165) is 0 Å². The topological polar surface area (TPSA) is 77.4 Å². The highest BCUT2D eigenvalue weighted by molar-refractivity contribution is 6.62. The van der Waals surface area contributed by atoms with Gasteiger partial charge >= 0.3 is 0 Å². The number of carbonyl (C=O) groups is 2. The lowest BCUT2D eigenvalue weighted by atomic mass is 10.2. The first kappa shape index (κ1) is 16.8. The van der Waals surface area contributed by atoms with Crippen molar-refractivity contribution in [2.45, 2.75) is 19.4 Å². The molecule has 0 saturated carbocycles. The Kier molecular flexibility index (Phi) is 8.51. The monoisotopic (exact) mass is 239 g/mol. The van der Waals surface area contributed by atoms with Crippen LogP contribution in [0.3, 0.4) is 0 Å². The molecule has 0 aliphatic rings. The molecule has 0 spiro atoms. The van der Waals surface area contributed by atoms with Gasteiger partial charge in [0.1, 0.15) is 12.6 Å². The van der Waals surface area contributed by atoms with E-state index in [4.69, 9.17) is 5.11 Å². The zero-order valence-electron chi connectivity index (χ0n) is 9.49. The van der Waals surface area contributed by atoms with Crippen molar-refractivity contribution in [2.24, 2.45) is 0 Å². The molecule has 1 unspecified atom stereocenters. The average molecular weight is 240 g/mol. The number of hydrogen-bond acceptors (Lipinski definition) is 4. The summed E-state index contributed by atoms with van der Waals surface area (Å²) in [5, 5.41) is 18.8. The van der Waals surface area contributed by atoms with Crippen LogP contribution in [0.25, 0.3) is 0 Å². The van der Waals surface area contributed by atoms with Crippen molar-refractivity contribution < 1.29 is 24.3 Å². The Labute approximate surface area is 94.8 Å². The second-order valence-electron chi connectivity index (χ2n) is 4.17. The maximum atomic E-state index is 10.0. The van der Waals surface area contributed by atoms with Crippen LogP contribution in [-0.2, 0) is 9.59 Å². The first-order valence-electron chi connectivity index (χ1n) is 4.39. The molecule has 0 amide bonds. The third-order valence-electron chi connectivity index (χ3n) is 1.16. The molecular formula is C9H18ClNO4. The summed E-state index contributed by atoms with van der Waals surface area (Å²) in [6.07, 6.45) is -1.09. The van der Waals surface area contributed by atoms with E-state index in [9.17, 15) is 14.7 Å². The fraction of sp³-hybridized carbons (Fsp3) is 0.778. The molecule has 0 aromatic carbocycles. The number of halogens is 1. The number of quaternary nitrogens is 1. The van der Waals surface area contributed by atoms with Crippen LogP contribution >= 0.6 is 11.6 Å². The fourth-order valence-electron chi connectivity index (χ4n) is 0.889. The van der Waals surface area contributed by atoms with E-state index in [-0.39, 0.29) is 11.7 Å². The number of carbonyl (C=O) groups excluding carboxylic acids is 2. The Balaban J connectivity index is 0. The molecule has 0 aromatic rings. The number of carboxylic acids is 1. The molecule has 0 heterocycles. The summed E-state index contributed by atoms with van der Waals surface area (Å²) in [5.41, 5.74) is 0. The van der Waals surface area contributed by atoms with Gasteiger partial charge in [0.15, 0.2) is 0 Å². The van der Waals surface area contributed by atoms with Crippen molar-refractivity contribution in [3.8, 4) is 0 Å². The number of aliphatic hydroxyl groups is 1. The summed E-state index contributed by atoms with van der Waals surface area (Å²) in [6.45, 7) is 1.72. The molecule has 0 bridgehead atoms. The lowest BCUT2D eigenvalue weighted by Gasteiger charge is -2.26. The molecule has 15 heavy (non-hydrogen) atoms. The molecule has 0 aliphatic carbocycles. The highest BCUT2D eigenvalue weighted by Gasteiger charge is 2.14. The quantitative estimate of drug-likeness (QED) is 0.503.